The summed E-state index contributed by atoms with van der Waals surface area (Å²) in [5.74, 6) is 1.01. The number of aliphatic hydroxyl groups is 1. The Kier molecular flexibility index (Phi) is 5.61. The van der Waals surface area contributed by atoms with Gasteiger partial charge in [0.1, 0.15) is 5.82 Å². The van der Waals surface area contributed by atoms with Crippen molar-refractivity contribution in [2.24, 2.45) is 0 Å². The number of aliphatic hydroxyl groups excluding tert-OH is 1. The lowest BCUT2D eigenvalue weighted by atomic mass is 10.1. The molecular weight excluding hydrogens is 218 g/mol. The van der Waals surface area contributed by atoms with E-state index in [0.29, 0.717) is 13.2 Å². The number of aromatic nitrogens is 2. The van der Waals surface area contributed by atoms with Crippen LogP contribution in [0.5, 0.6) is 0 Å². The van der Waals surface area contributed by atoms with Gasteiger partial charge in [0.2, 0.25) is 0 Å². The van der Waals surface area contributed by atoms with Crippen LogP contribution in [0.3, 0.4) is 0 Å². The maximum absolute atomic E-state index is 8.60. The van der Waals surface area contributed by atoms with E-state index in [1.54, 1.807) is 6.20 Å². The molecule has 0 bridgehead atoms. The van der Waals surface area contributed by atoms with Crippen LogP contribution in [-0.2, 0) is 17.8 Å². The first-order valence-electron chi connectivity index (χ1n) is 5.96. The fourth-order valence-corrected chi connectivity index (χ4v) is 1.38. The molecule has 0 saturated heterocycles. The molecule has 0 unspecified atom stereocenters. The summed E-state index contributed by atoms with van der Waals surface area (Å²) in [6.07, 6.45) is 3.74. The third-order valence-electron chi connectivity index (χ3n) is 2.29. The van der Waals surface area contributed by atoms with E-state index in [-0.39, 0.29) is 12.1 Å². The van der Waals surface area contributed by atoms with E-state index in [1.807, 2.05) is 6.20 Å². The highest BCUT2D eigenvalue weighted by Gasteiger charge is 2.10. The zero-order valence-electron chi connectivity index (χ0n) is 10.9. The number of imidazole rings is 1. The van der Waals surface area contributed by atoms with Crippen LogP contribution in [-0.4, -0.2) is 40.0 Å². The number of nitrogens with zero attached hydrogens (tertiary/aromatic N) is 2. The summed E-state index contributed by atoms with van der Waals surface area (Å²) < 4.78 is 7.30. The number of ether oxygens (including phenoxy) is 1. The normalized spacial score (nSPS) is 12.0. The minimum absolute atomic E-state index is 0.0718. The van der Waals surface area contributed by atoms with E-state index < -0.39 is 0 Å². The zero-order chi connectivity index (χ0) is 12.7. The Morgan fingerprint density at radius 3 is 2.82 bits per heavy atom. The molecule has 1 heterocycles. The van der Waals surface area contributed by atoms with Crippen molar-refractivity contribution in [3.63, 3.8) is 0 Å². The van der Waals surface area contributed by atoms with E-state index in [4.69, 9.17) is 9.84 Å². The van der Waals surface area contributed by atoms with Gasteiger partial charge < -0.3 is 19.7 Å². The molecule has 0 saturated carbocycles. The maximum Gasteiger partial charge on any atom is 0.122 e. The van der Waals surface area contributed by atoms with Gasteiger partial charge >= 0.3 is 0 Å². The zero-order valence-corrected chi connectivity index (χ0v) is 10.9. The number of hydrogen-bond donors (Lipinski definition) is 2. The first-order valence-corrected chi connectivity index (χ1v) is 5.96. The first kappa shape index (κ1) is 14.2. The number of hydrogen-bond acceptors (Lipinski definition) is 4. The fourth-order valence-electron chi connectivity index (χ4n) is 1.38. The lowest BCUT2D eigenvalue weighted by Gasteiger charge is -2.20. The van der Waals surface area contributed by atoms with Crippen LogP contribution in [0.25, 0.3) is 0 Å². The Morgan fingerprint density at radius 1 is 1.41 bits per heavy atom. The second-order valence-corrected chi connectivity index (χ2v) is 4.98. The molecule has 2 N–H and O–H groups in total. The average molecular weight is 241 g/mol. The summed E-state index contributed by atoms with van der Waals surface area (Å²) >= 11 is 0. The summed E-state index contributed by atoms with van der Waals surface area (Å²) in [4.78, 5) is 4.31. The Morgan fingerprint density at radius 2 is 2.18 bits per heavy atom. The summed E-state index contributed by atoms with van der Waals surface area (Å²) in [6.45, 7) is 8.96. The Hall–Kier alpha value is -0.910. The maximum atomic E-state index is 8.60. The van der Waals surface area contributed by atoms with Crippen LogP contribution in [0.2, 0.25) is 0 Å². The minimum Gasteiger partial charge on any atom is -0.394 e. The molecule has 5 heteroatoms. The molecule has 98 valence electrons. The molecule has 0 amide bonds. The predicted octanol–water partition coefficient (Wildman–Crippen LogP) is 0.780. The SMILES string of the molecule is CC(C)(C)NCc1nccn1CCOCCO. The Balaban J connectivity index is 2.37. The summed E-state index contributed by atoms with van der Waals surface area (Å²) in [7, 11) is 0. The van der Waals surface area contributed by atoms with Crippen molar-refractivity contribution in [1.82, 2.24) is 14.9 Å². The van der Waals surface area contributed by atoms with Gasteiger partial charge in [0, 0.05) is 24.5 Å². The van der Waals surface area contributed by atoms with Crippen molar-refractivity contribution in [3.05, 3.63) is 18.2 Å². The molecule has 1 aromatic rings. The first-order chi connectivity index (χ1) is 8.03. The van der Waals surface area contributed by atoms with Crippen LogP contribution in [0.4, 0.5) is 0 Å². The van der Waals surface area contributed by atoms with Crippen LogP contribution in [0, 0.1) is 0 Å². The molecule has 0 aliphatic rings. The van der Waals surface area contributed by atoms with E-state index in [2.05, 4.69) is 35.6 Å². The van der Waals surface area contributed by atoms with Crippen LogP contribution in [0.15, 0.2) is 12.4 Å². The van der Waals surface area contributed by atoms with Gasteiger partial charge in [-0.1, -0.05) is 0 Å². The molecule has 0 spiro atoms. The number of rotatable bonds is 7. The van der Waals surface area contributed by atoms with E-state index in [1.165, 1.54) is 0 Å². The van der Waals surface area contributed by atoms with Gasteiger partial charge in [0.05, 0.1) is 26.4 Å². The highest BCUT2D eigenvalue weighted by atomic mass is 16.5. The van der Waals surface area contributed by atoms with Crippen LogP contribution in [0.1, 0.15) is 26.6 Å². The van der Waals surface area contributed by atoms with Crippen LogP contribution >= 0.6 is 0 Å². The molecular formula is C12H23N3O2. The molecule has 0 aliphatic carbocycles. The monoisotopic (exact) mass is 241 g/mol. The van der Waals surface area contributed by atoms with Gasteiger partial charge in [-0.15, -0.1) is 0 Å². The number of nitrogens with one attached hydrogen (secondary N) is 1. The summed E-state index contributed by atoms with van der Waals surface area (Å²) in [5.41, 5.74) is 0.0875. The average Bonchev–Trinajstić information content (AvgIpc) is 2.68. The highest BCUT2D eigenvalue weighted by Crippen LogP contribution is 2.03. The van der Waals surface area contributed by atoms with Crippen molar-refractivity contribution >= 4 is 0 Å². The molecule has 1 rings (SSSR count). The van der Waals surface area contributed by atoms with E-state index in [9.17, 15) is 0 Å². The molecule has 5 nitrogen and oxygen atoms in total. The third kappa shape index (κ3) is 5.81. The van der Waals surface area contributed by atoms with Gasteiger partial charge in [-0.05, 0) is 20.8 Å². The van der Waals surface area contributed by atoms with Gasteiger partial charge in [-0.3, -0.25) is 0 Å². The van der Waals surface area contributed by atoms with Gasteiger partial charge in [0.25, 0.3) is 0 Å². The van der Waals surface area contributed by atoms with Gasteiger partial charge in [-0.2, -0.15) is 0 Å². The standard InChI is InChI=1S/C12H23N3O2/c1-12(2,3)14-10-11-13-4-5-15(11)6-8-17-9-7-16/h4-5,14,16H,6-10H2,1-3H3. The molecule has 0 atom stereocenters. The van der Waals surface area contributed by atoms with Crippen molar-refractivity contribution in [2.75, 3.05) is 19.8 Å². The Bertz CT molecular complexity index is 318. The minimum atomic E-state index is 0.0718. The van der Waals surface area contributed by atoms with Gasteiger partial charge in [-0.25, -0.2) is 4.98 Å². The summed E-state index contributed by atoms with van der Waals surface area (Å²) in [6, 6.07) is 0. The predicted molar refractivity (Wildman–Crippen MR) is 66.7 cm³/mol. The fraction of sp³-hybridized carbons (Fsp3) is 0.750. The molecule has 0 radical (unpaired) electrons. The topological polar surface area (TPSA) is 59.3 Å². The van der Waals surface area contributed by atoms with Crippen molar-refractivity contribution in [3.8, 4) is 0 Å². The van der Waals surface area contributed by atoms with E-state index in [0.717, 1.165) is 18.9 Å². The largest absolute Gasteiger partial charge is 0.394 e. The summed E-state index contributed by atoms with van der Waals surface area (Å²) in [5, 5.41) is 12.0. The second kappa shape index (κ2) is 6.74. The molecule has 0 aromatic carbocycles. The van der Waals surface area contributed by atoms with Crippen molar-refractivity contribution in [1.29, 1.82) is 0 Å². The molecule has 17 heavy (non-hydrogen) atoms. The van der Waals surface area contributed by atoms with Gasteiger partial charge in [0.15, 0.2) is 0 Å². The van der Waals surface area contributed by atoms with E-state index >= 15 is 0 Å². The van der Waals surface area contributed by atoms with Crippen molar-refractivity contribution < 1.29 is 9.84 Å². The molecule has 0 fully saturated rings. The quantitative estimate of drug-likeness (QED) is 0.693. The third-order valence-corrected chi connectivity index (χ3v) is 2.29. The second-order valence-electron chi connectivity index (χ2n) is 4.98. The highest BCUT2D eigenvalue weighted by molar-refractivity contribution is 4.93. The lowest BCUT2D eigenvalue weighted by Crippen LogP contribution is -2.36. The lowest BCUT2D eigenvalue weighted by molar-refractivity contribution is 0.0865. The Labute approximate surface area is 103 Å². The molecule has 1 aromatic heterocycles. The van der Waals surface area contributed by atoms with Crippen molar-refractivity contribution in [2.45, 2.75) is 39.4 Å². The van der Waals surface area contributed by atoms with Crippen LogP contribution < -0.4 is 5.32 Å². The smallest absolute Gasteiger partial charge is 0.122 e. The molecule has 0 aliphatic heterocycles.